The highest BCUT2D eigenvalue weighted by atomic mass is 19.4. The van der Waals surface area contributed by atoms with Crippen molar-refractivity contribution in [2.45, 2.75) is 26.6 Å². The second kappa shape index (κ2) is 7.18. The summed E-state index contributed by atoms with van der Waals surface area (Å²) in [5.74, 6) is -1.62. The number of hydrogen-bond acceptors (Lipinski definition) is 4. The lowest BCUT2D eigenvalue weighted by Crippen LogP contribution is -2.27. The summed E-state index contributed by atoms with van der Waals surface area (Å²) in [5.41, 5.74) is -0.441. The molecule has 1 atom stereocenters. The quantitative estimate of drug-likeness (QED) is 0.833. The molecule has 2 rings (SSSR count). The third-order valence-corrected chi connectivity index (χ3v) is 3.69. The summed E-state index contributed by atoms with van der Waals surface area (Å²) in [7, 11) is 3.03. The van der Waals surface area contributed by atoms with E-state index in [-0.39, 0.29) is 17.9 Å². The number of alkyl halides is 3. The van der Waals surface area contributed by atoms with Crippen molar-refractivity contribution in [3.05, 3.63) is 29.3 Å². The molecule has 0 saturated carbocycles. The van der Waals surface area contributed by atoms with E-state index in [1.54, 1.807) is 14.0 Å². The monoisotopic (exact) mass is 372 g/mol. The number of nitrogens with zero attached hydrogens (tertiary/aromatic N) is 4. The Hall–Kier alpha value is -2.85. The lowest BCUT2D eigenvalue weighted by molar-refractivity contribution is -0.141. The Morgan fingerprint density at radius 3 is 2.50 bits per heavy atom. The van der Waals surface area contributed by atoms with E-state index in [9.17, 15) is 22.8 Å². The maximum atomic E-state index is 12.7. The zero-order valence-corrected chi connectivity index (χ0v) is 14.7. The van der Waals surface area contributed by atoms with Gasteiger partial charge in [-0.25, -0.2) is 0 Å². The maximum Gasteiger partial charge on any atom is 0.435 e. The van der Waals surface area contributed by atoms with Crippen LogP contribution in [-0.2, 0) is 24.6 Å². The molecule has 0 saturated heterocycles. The van der Waals surface area contributed by atoms with E-state index in [0.29, 0.717) is 5.69 Å². The third-order valence-electron chi connectivity index (χ3n) is 3.69. The normalized spacial score (nSPS) is 12.7. The second-order valence-electron chi connectivity index (χ2n) is 5.89. The van der Waals surface area contributed by atoms with Crippen LogP contribution in [0.2, 0.25) is 0 Å². The van der Waals surface area contributed by atoms with Gasteiger partial charge in [0.25, 0.3) is 5.91 Å². The number of aromatic nitrogens is 4. The summed E-state index contributed by atoms with van der Waals surface area (Å²) in [6, 6.07) is 0.926. The number of carbonyl (C=O) groups excluding carboxylic acids is 2. The van der Waals surface area contributed by atoms with E-state index >= 15 is 0 Å². The van der Waals surface area contributed by atoms with Crippen LogP contribution in [0.5, 0.6) is 0 Å². The molecule has 1 unspecified atom stereocenters. The first-order valence-electron chi connectivity index (χ1n) is 7.71. The zero-order chi connectivity index (χ0) is 19.6. The Labute approximate surface area is 147 Å². The summed E-state index contributed by atoms with van der Waals surface area (Å²) in [5, 5.41) is 12.5. The first-order valence-corrected chi connectivity index (χ1v) is 7.71. The van der Waals surface area contributed by atoms with Gasteiger partial charge < -0.3 is 10.6 Å². The second-order valence-corrected chi connectivity index (χ2v) is 5.89. The van der Waals surface area contributed by atoms with E-state index in [1.807, 2.05) is 0 Å². The Morgan fingerprint density at radius 2 is 1.96 bits per heavy atom. The van der Waals surface area contributed by atoms with Gasteiger partial charge in [-0.05, 0) is 13.0 Å². The van der Waals surface area contributed by atoms with E-state index in [4.69, 9.17) is 0 Å². The zero-order valence-electron chi connectivity index (χ0n) is 14.7. The van der Waals surface area contributed by atoms with Crippen LogP contribution in [0.3, 0.4) is 0 Å². The van der Waals surface area contributed by atoms with Crippen LogP contribution in [0.15, 0.2) is 12.3 Å². The highest BCUT2D eigenvalue weighted by Gasteiger charge is 2.34. The molecule has 11 heteroatoms. The Balaban J connectivity index is 2.12. The lowest BCUT2D eigenvalue weighted by Gasteiger charge is -2.13. The predicted molar refractivity (Wildman–Crippen MR) is 86.4 cm³/mol. The molecular formula is C15H19F3N6O2. The highest BCUT2D eigenvalue weighted by molar-refractivity contribution is 6.02. The Kier molecular flexibility index (Phi) is 5.38. The van der Waals surface area contributed by atoms with Crippen molar-refractivity contribution in [1.82, 2.24) is 24.9 Å². The number of halogens is 3. The van der Waals surface area contributed by atoms with Crippen molar-refractivity contribution in [2.75, 3.05) is 12.4 Å². The number of amides is 2. The molecule has 26 heavy (non-hydrogen) atoms. The molecule has 0 aromatic carbocycles. The standard InChI is InChI=1S/C15H19F3N6O2/c1-8(6-24-9(2)5-11(21-24)15(16,17)18)13(25)20-10-7-23(4)22-12(10)14(26)19-3/h5,7-8H,6H2,1-4H3,(H,19,26)(H,20,25). The van der Waals surface area contributed by atoms with Crippen LogP contribution in [-0.4, -0.2) is 38.4 Å². The van der Waals surface area contributed by atoms with E-state index in [1.165, 1.54) is 24.9 Å². The van der Waals surface area contributed by atoms with Crippen molar-refractivity contribution >= 4 is 17.5 Å². The molecule has 2 aromatic heterocycles. The Bertz CT molecular complexity index is 824. The van der Waals surface area contributed by atoms with Gasteiger partial charge in [0.2, 0.25) is 5.91 Å². The minimum Gasteiger partial charge on any atom is -0.354 e. The molecule has 2 N–H and O–H groups in total. The van der Waals surface area contributed by atoms with Gasteiger partial charge in [0, 0.05) is 26.0 Å². The summed E-state index contributed by atoms with van der Waals surface area (Å²) in [6.07, 6.45) is -3.07. The molecule has 2 aromatic rings. The van der Waals surface area contributed by atoms with Gasteiger partial charge in [-0.1, -0.05) is 6.92 Å². The molecule has 0 fully saturated rings. The number of rotatable bonds is 5. The van der Waals surface area contributed by atoms with Crippen molar-refractivity contribution < 1.29 is 22.8 Å². The largest absolute Gasteiger partial charge is 0.435 e. The maximum absolute atomic E-state index is 12.7. The fraction of sp³-hybridized carbons (Fsp3) is 0.467. The topological polar surface area (TPSA) is 93.8 Å². The minimum absolute atomic E-state index is 0.0384. The molecule has 0 aliphatic rings. The molecule has 2 amide bonds. The van der Waals surface area contributed by atoms with Gasteiger partial charge in [0.05, 0.1) is 18.2 Å². The van der Waals surface area contributed by atoms with Gasteiger partial charge in [-0.2, -0.15) is 23.4 Å². The molecule has 142 valence electrons. The molecule has 0 radical (unpaired) electrons. The number of nitrogens with one attached hydrogen (secondary N) is 2. The van der Waals surface area contributed by atoms with Crippen molar-refractivity contribution in [1.29, 1.82) is 0 Å². The first kappa shape index (κ1) is 19.5. The van der Waals surface area contributed by atoms with Crippen molar-refractivity contribution in [3.8, 4) is 0 Å². The van der Waals surface area contributed by atoms with Gasteiger partial charge >= 0.3 is 6.18 Å². The summed E-state index contributed by atoms with van der Waals surface area (Å²) < 4.78 is 40.7. The van der Waals surface area contributed by atoms with Crippen molar-refractivity contribution in [2.24, 2.45) is 13.0 Å². The van der Waals surface area contributed by atoms with Crippen molar-refractivity contribution in [3.63, 3.8) is 0 Å². The Morgan fingerprint density at radius 1 is 1.31 bits per heavy atom. The third kappa shape index (κ3) is 4.21. The molecule has 8 nitrogen and oxygen atoms in total. The highest BCUT2D eigenvalue weighted by Crippen LogP contribution is 2.28. The summed E-state index contributed by atoms with van der Waals surface area (Å²) in [6.45, 7) is 3.00. The predicted octanol–water partition coefficient (Wildman–Crippen LogP) is 1.58. The minimum atomic E-state index is -4.54. The van der Waals surface area contributed by atoms with Gasteiger partial charge in [-0.3, -0.25) is 19.0 Å². The number of carbonyl (C=O) groups is 2. The molecule has 0 aliphatic heterocycles. The van der Waals surface area contributed by atoms with Crippen LogP contribution in [0.4, 0.5) is 18.9 Å². The molecule has 0 spiro atoms. The smallest absolute Gasteiger partial charge is 0.354 e. The fourth-order valence-electron chi connectivity index (χ4n) is 2.30. The average Bonchev–Trinajstić information content (AvgIpc) is 3.09. The van der Waals surface area contributed by atoms with E-state index < -0.39 is 29.6 Å². The number of hydrogen-bond donors (Lipinski definition) is 2. The van der Waals surface area contributed by atoms with Crippen LogP contribution < -0.4 is 10.6 Å². The first-order chi connectivity index (χ1) is 12.0. The van der Waals surface area contributed by atoms with Crippen LogP contribution in [0.25, 0.3) is 0 Å². The lowest BCUT2D eigenvalue weighted by atomic mass is 10.1. The van der Waals surface area contributed by atoms with Crippen LogP contribution in [0.1, 0.15) is 28.8 Å². The summed E-state index contributed by atoms with van der Waals surface area (Å²) in [4.78, 5) is 24.1. The van der Waals surface area contributed by atoms with Crippen LogP contribution in [0, 0.1) is 12.8 Å². The molecule has 0 aliphatic carbocycles. The molecular weight excluding hydrogens is 353 g/mol. The van der Waals surface area contributed by atoms with E-state index in [0.717, 1.165) is 10.7 Å². The summed E-state index contributed by atoms with van der Waals surface area (Å²) >= 11 is 0. The SMILES string of the molecule is CNC(=O)c1nn(C)cc1NC(=O)C(C)Cn1nc(C(F)(F)F)cc1C. The van der Waals surface area contributed by atoms with Crippen LogP contribution >= 0.6 is 0 Å². The molecule has 0 bridgehead atoms. The molecule has 2 heterocycles. The average molecular weight is 372 g/mol. The van der Waals surface area contributed by atoms with E-state index in [2.05, 4.69) is 20.8 Å². The van der Waals surface area contributed by atoms with Gasteiger partial charge in [0.1, 0.15) is 0 Å². The number of anilines is 1. The van der Waals surface area contributed by atoms with Gasteiger partial charge in [-0.15, -0.1) is 0 Å². The fourth-order valence-corrected chi connectivity index (χ4v) is 2.30. The number of aryl methyl sites for hydroxylation is 2. The van der Waals surface area contributed by atoms with Gasteiger partial charge in [0.15, 0.2) is 11.4 Å².